The fourth-order valence-corrected chi connectivity index (χ4v) is 3.13. The van der Waals surface area contributed by atoms with Crippen molar-refractivity contribution in [2.75, 3.05) is 19.6 Å². The lowest BCUT2D eigenvalue weighted by molar-refractivity contribution is 0.102. The number of nitrogens with one attached hydrogen (secondary N) is 1. The van der Waals surface area contributed by atoms with E-state index in [0.29, 0.717) is 0 Å². The highest BCUT2D eigenvalue weighted by Crippen LogP contribution is 2.35. The topological polar surface area (TPSA) is 32.3 Å². The number of hydrogen-bond donors (Lipinski definition) is 1. The lowest BCUT2D eigenvalue weighted by atomic mass is 9.75. The third kappa shape index (κ3) is 2.69. The van der Waals surface area contributed by atoms with Crippen LogP contribution in [0.25, 0.3) is 0 Å². The third-order valence-electron chi connectivity index (χ3n) is 4.10. The average Bonchev–Trinajstić information content (AvgIpc) is 2.35. The summed E-state index contributed by atoms with van der Waals surface area (Å²) in [5, 5.41) is 2.98. The first-order chi connectivity index (χ1) is 7.81. The van der Waals surface area contributed by atoms with Gasteiger partial charge in [-0.2, -0.15) is 0 Å². The molecule has 0 radical (unpaired) electrons. The zero-order valence-corrected chi connectivity index (χ0v) is 10.4. The molecule has 0 aromatic carbocycles. The Labute approximate surface area is 98.6 Å². The second kappa shape index (κ2) is 5.55. The van der Waals surface area contributed by atoms with Crippen LogP contribution in [0, 0.1) is 11.8 Å². The number of likely N-dealkylation sites (tertiary alicyclic amines) is 1. The quantitative estimate of drug-likeness (QED) is 0.768. The summed E-state index contributed by atoms with van der Waals surface area (Å²) in [6, 6.07) is 0.158. The number of carbonyl (C=O) groups is 1. The van der Waals surface area contributed by atoms with Gasteiger partial charge in [-0.15, -0.1) is 0 Å². The molecule has 2 fully saturated rings. The van der Waals surface area contributed by atoms with Crippen LogP contribution in [0.15, 0.2) is 0 Å². The number of amides is 2. The molecule has 2 amide bonds. The molecule has 1 aliphatic carbocycles. The number of rotatable bonds is 2. The van der Waals surface area contributed by atoms with E-state index in [2.05, 4.69) is 12.2 Å². The SMILES string of the molecule is CCCNC(=O)N1CCC2CCCCC2C1. The van der Waals surface area contributed by atoms with Gasteiger partial charge in [0.15, 0.2) is 0 Å². The van der Waals surface area contributed by atoms with Gasteiger partial charge in [0.2, 0.25) is 0 Å². The van der Waals surface area contributed by atoms with E-state index >= 15 is 0 Å². The molecular weight excluding hydrogens is 200 g/mol. The van der Waals surface area contributed by atoms with E-state index in [-0.39, 0.29) is 6.03 Å². The van der Waals surface area contributed by atoms with Crippen LogP contribution in [0.2, 0.25) is 0 Å². The Morgan fingerprint density at radius 1 is 1.25 bits per heavy atom. The Balaban J connectivity index is 1.82. The van der Waals surface area contributed by atoms with Crippen molar-refractivity contribution < 1.29 is 4.79 Å². The minimum absolute atomic E-state index is 0.158. The van der Waals surface area contributed by atoms with E-state index in [4.69, 9.17) is 0 Å². The van der Waals surface area contributed by atoms with Crippen molar-refractivity contribution in [1.82, 2.24) is 10.2 Å². The molecule has 1 heterocycles. The van der Waals surface area contributed by atoms with Gasteiger partial charge in [-0.3, -0.25) is 0 Å². The van der Waals surface area contributed by atoms with Crippen molar-refractivity contribution in [3.05, 3.63) is 0 Å². The molecule has 1 saturated carbocycles. The maximum absolute atomic E-state index is 11.8. The minimum Gasteiger partial charge on any atom is -0.338 e. The summed E-state index contributed by atoms with van der Waals surface area (Å²) in [7, 11) is 0. The molecule has 0 aromatic heterocycles. The van der Waals surface area contributed by atoms with Gasteiger partial charge < -0.3 is 10.2 Å². The molecule has 0 bridgehead atoms. The molecule has 1 saturated heterocycles. The van der Waals surface area contributed by atoms with Gasteiger partial charge in [0.1, 0.15) is 0 Å². The molecule has 3 nitrogen and oxygen atoms in total. The smallest absolute Gasteiger partial charge is 0.317 e. The number of urea groups is 1. The van der Waals surface area contributed by atoms with Gasteiger partial charge in [0.05, 0.1) is 0 Å². The Hall–Kier alpha value is -0.730. The highest BCUT2D eigenvalue weighted by atomic mass is 16.2. The summed E-state index contributed by atoms with van der Waals surface area (Å²) < 4.78 is 0. The highest BCUT2D eigenvalue weighted by Gasteiger charge is 2.32. The highest BCUT2D eigenvalue weighted by molar-refractivity contribution is 5.74. The van der Waals surface area contributed by atoms with Gasteiger partial charge in [0.25, 0.3) is 0 Å². The number of fused-ring (bicyclic) bond motifs is 1. The first-order valence-corrected chi connectivity index (χ1v) is 6.84. The Kier molecular flexibility index (Phi) is 4.08. The van der Waals surface area contributed by atoms with E-state index in [0.717, 1.165) is 37.9 Å². The average molecular weight is 224 g/mol. The normalized spacial score (nSPS) is 29.7. The first-order valence-electron chi connectivity index (χ1n) is 6.84. The van der Waals surface area contributed by atoms with Crippen molar-refractivity contribution in [1.29, 1.82) is 0 Å². The number of nitrogens with zero attached hydrogens (tertiary/aromatic N) is 1. The van der Waals surface area contributed by atoms with Crippen molar-refractivity contribution >= 4 is 6.03 Å². The number of piperidine rings is 1. The van der Waals surface area contributed by atoms with Gasteiger partial charge in [-0.1, -0.05) is 26.2 Å². The number of carbonyl (C=O) groups excluding carboxylic acids is 1. The summed E-state index contributed by atoms with van der Waals surface area (Å²) in [4.78, 5) is 13.9. The molecule has 2 aliphatic rings. The summed E-state index contributed by atoms with van der Waals surface area (Å²) in [5.41, 5.74) is 0. The second-order valence-electron chi connectivity index (χ2n) is 5.27. The van der Waals surface area contributed by atoms with Crippen LogP contribution in [0.4, 0.5) is 4.79 Å². The van der Waals surface area contributed by atoms with E-state index in [1.54, 1.807) is 0 Å². The van der Waals surface area contributed by atoms with Crippen LogP contribution in [0.1, 0.15) is 45.4 Å². The molecule has 92 valence electrons. The third-order valence-corrected chi connectivity index (χ3v) is 4.10. The maximum atomic E-state index is 11.8. The monoisotopic (exact) mass is 224 g/mol. The Morgan fingerprint density at radius 2 is 2.00 bits per heavy atom. The zero-order valence-electron chi connectivity index (χ0n) is 10.4. The summed E-state index contributed by atoms with van der Waals surface area (Å²) >= 11 is 0. The predicted molar refractivity (Wildman–Crippen MR) is 65.3 cm³/mol. The van der Waals surface area contributed by atoms with Gasteiger partial charge in [-0.25, -0.2) is 4.79 Å². The predicted octanol–water partition coefficient (Wildman–Crippen LogP) is 2.62. The molecule has 2 rings (SSSR count). The van der Waals surface area contributed by atoms with E-state index in [9.17, 15) is 4.79 Å². The van der Waals surface area contributed by atoms with Gasteiger partial charge >= 0.3 is 6.03 Å². The van der Waals surface area contributed by atoms with E-state index < -0.39 is 0 Å². The second-order valence-corrected chi connectivity index (χ2v) is 5.27. The molecule has 0 spiro atoms. The van der Waals surface area contributed by atoms with Crippen molar-refractivity contribution in [2.45, 2.75) is 45.4 Å². The minimum atomic E-state index is 0.158. The van der Waals surface area contributed by atoms with Gasteiger partial charge in [0, 0.05) is 19.6 Å². The molecule has 1 aliphatic heterocycles. The van der Waals surface area contributed by atoms with Crippen LogP contribution in [-0.2, 0) is 0 Å². The summed E-state index contributed by atoms with van der Waals surface area (Å²) in [5.74, 6) is 1.69. The van der Waals surface area contributed by atoms with Crippen LogP contribution in [0.5, 0.6) is 0 Å². The van der Waals surface area contributed by atoms with Crippen molar-refractivity contribution in [2.24, 2.45) is 11.8 Å². The van der Waals surface area contributed by atoms with Crippen LogP contribution < -0.4 is 5.32 Å². The Morgan fingerprint density at radius 3 is 2.75 bits per heavy atom. The molecule has 0 aromatic rings. The van der Waals surface area contributed by atoms with Crippen molar-refractivity contribution in [3.63, 3.8) is 0 Å². The fraction of sp³-hybridized carbons (Fsp3) is 0.923. The summed E-state index contributed by atoms with van der Waals surface area (Å²) in [6.45, 7) is 4.87. The molecule has 16 heavy (non-hydrogen) atoms. The molecular formula is C13H24N2O. The van der Waals surface area contributed by atoms with Crippen LogP contribution in [0.3, 0.4) is 0 Å². The summed E-state index contributed by atoms with van der Waals surface area (Å²) in [6.07, 6.45) is 7.75. The van der Waals surface area contributed by atoms with Crippen LogP contribution >= 0.6 is 0 Å². The first kappa shape index (κ1) is 11.7. The zero-order chi connectivity index (χ0) is 11.4. The van der Waals surface area contributed by atoms with Crippen molar-refractivity contribution in [3.8, 4) is 0 Å². The molecule has 2 atom stereocenters. The lowest BCUT2D eigenvalue weighted by Crippen LogP contribution is -2.48. The molecule has 3 heteroatoms. The largest absolute Gasteiger partial charge is 0.338 e. The van der Waals surface area contributed by atoms with E-state index in [1.165, 1.54) is 32.1 Å². The lowest BCUT2D eigenvalue weighted by Gasteiger charge is -2.41. The standard InChI is InChI=1S/C13H24N2O/c1-2-8-14-13(16)15-9-7-11-5-3-4-6-12(11)10-15/h11-12H,2-10H2,1H3,(H,14,16). The molecule has 1 N–H and O–H groups in total. The van der Waals surface area contributed by atoms with Gasteiger partial charge in [-0.05, 0) is 31.1 Å². The number of hydrogen-bond acceptors (Lipinski definition) is 1. The Bertz CT molecular complexity index is 242. The van der Waals surface area contributed by atoms with E-state index in [1.807, 2.05) is 4.90 Å². The molecule has 2 unspecified atom stereocenters. The fourth-order valence-electron chi connectivity index (χ4n) is 3.13. The maximum Gasteiger partial charge on any atom is 0.317 e. The van der Waals surface area contributed by atoms with Crippen LogP contribution in [-0.4, -0.2) is 30.6 Å².